The fourth-order valence-electron chi connectivity index (χ4n) is 3.30. The Bertz CT molecular complexity index is 861. The van der Waals surface area contributed by atoms with E-state index in [1.54, 1.807) is 12.4 Å². The fraction of sp³-hybridized carbons (Fsp3) is 0.0833. The first-order chi connectivity index (χ1) is 13.8. The molecule has 0 aliphatic heterocycles. The zero-order valence-corrected chi connectivity index (χ0v) is 16.1. The van der Waals surface area contributed by atoms with Gasteiger partial charge in [0.2, 0.25) is 0 Å². The van der Waals surface area contributed by atoms with Crippen molar-refractivity contribution in [3.8, 4) is 0 Å². The number of pyridine rings is 2. The first-order valence-electron chi connectivity index (χ1n) is 9.16. The first-order valence-corrected chi connectivity index (χ1v) is 10.4. The predicted molar refractivity (Wildman–Crippen MR) is 113 cm³/mol. The Morgan fingerprint density at radius 1 is 0.536 bits per heavy atom. The van der Waals surface area contributed by atoms with Gasteiger partial charge < -0.3 is 0 Å². The van der Waals surface area contributed by atoms with E-state index in [-0.39, 0.29) is 10.5 Å². The molecule has 2 heterocycles. The van der Waals surface area contributed by atoms with Crippen LogP contribution in [0.3, 0.4) is 0 Å². The lowest BCUT2D eigenvalue weighted by Gasteiger charge is -2.24. The Hall–Kier alpha value is -3.11. The summed E-state index contributed by atoms with van der Waals surface area (Å²) in [5, 5.41) is -0.704. The molecule has 4 rings (SSSR count). The van der Waals surface area contributed by atoms with Crippen LogP contribution in [0.4, 0.5) is 0 Å². The highest BCUT2D eigenvalue weighted by Gasteiger charge is 2.32. The molecular weight excluding hydrogens is 364 g/mol. The van der Waals surface area contributed by atoms with Gasteiger partial charge in [-0.2, -0.15) is 0 Å². The Morgan fingerprint density at radius 2 is 0.929 bits per heavy atom. The minimum absolute atomic E-state index is 0.352. The molecule has 2 atom stereocenters. The van der Waals surface area contributed by atoms with Crippen molar-refractivity contribution in [1.29, 1.82) is 0 Å². The van der Waals surface area contributed by atoms with Crippen LogP contribution in [0.25, 0.3) is 0 Å². The van der Waals surface area contributed by atoms with E-state index in [0.29, 0.717) is 0 Å². The van der Waals surface area contributed by atoms with E-state index >= 15 is 0 Å². The molecule has 0 bridgehead atoms. The van der Waals surface area contributed by atoms with Crippen molar-refractivity contribution in [2.45, 2.75) is 10.5 Å². The predicted octanol–water partition coefficient (Wildman–Crippen LogP) is 5.10. The minimum atomic E-state index is -1.32. The summed E-state index contributed by atoms with van der Waals surface area (Å²) in [7, 11) is -1.32. The summed E-state index contributed by atoms with van der Waals surface area (Å²) >= 11 is 0. The van der Waals surface area contributed by atoms with Crippen LogP contribution in [0.1, 0.15) is 33.0 Å². The highest BCUT2D eigenvalue weighted by molar-refractivity contribution is 7.86. The van der Waals surface area contributed by atoms with Crippen LogP contribution < -0.4 is 0 Å². The van der Waals surface area contributed by atoms with E-state index in [2.05, 4.69) is 9.97 Å². The van der Waals surface area contributed by atoms with Crippen molar-refractivity contribution in [2.75, 3.05) is 0 Å². The van der Waals surface area contributed by atoms with Gasteiger partial charge in [-0.1, -0.05) is 72.8 Å². The lowest BCUT2D eigenvalue weighted by molar-refractivity contribution is 0.670. The molecule has 0 amide bonds. The van der Waals surface area contributed by atoms with Crippen molar-refractivity contribution < 1.29 is 4.21 Å². The molecule has 0 N–H and O–H groups in total. The molecule has 0 saturated heterocycles. The van der Waals surface area contributed by atoms with Gasteiger partial charge >= 0.3 is 0 Å². The second kappa shape index (κ2) is 8.72. The average Bonchev–Trinajstić information content (AvgIpc) is 2.77. The van der Waals surface area contributed by atoms with Gasteiger partial charge in [0.05, 0.1) is 11.4 Å². The van der Waals surface area contributed by atoms with E-state index in [0.717, 1.165) is 22.5 Å². The molecule has 0 radical (unpaired) electrons. The van der Waals surface area contributed by atoms with Crippen molar-refractivity contribution in [3.05, 3.63) is 132 Å². The third kappa shape index (κ3) is 3.92. The van der Waals surface area contributed by atoms with Gasteiger partial charge in [0.25, 0.3) is 0 Å². The molecule has 0 saturated carbocycles. The number of nitrogens with zero attached hydrogens (tertiary/aromatic N) is 2. The largest absolute Gasteiger partial charge is 0.260 e. The third-order valence-electron chi connectivity index (χ3n) is 4.58. The molecule has 0 aliphatic carbocycles. The van der Waals surface area contributed by atoms with Gasteiger partial charge in [-0.3, -0.25) is 14.2 Å². The van der Waals surface area contributed by atoms with Crippen LogP contribution >= 0.6 is 0 Å². The van der Waals surface area contributed by atoms with Gasteiger partial charge in [-0.15, -0.1) is 0 Å². The highest BCUT2D eigenvalue weighted by Crippen LogP contribution is 2.37. The van der Waals surface area contributed by atoms with Gasteiger partial charge in [0.1, 0.15) is 10.5 Å². The van der Waals surface area contributed by atoms with Crippen molar-refractivity contribution in [1.82, 2.24) is 9.97 Å². The zero-order valence-electron chi connectivity index (χ0n) is 15.3. The second-order valence-corrected chi connectivity index (χ2v) is 8.02. The summed E-state index contributed by atoms with van der Waals surface area (Å²) in [5.41, 5.74) is 3.56. The molecule has 0 aliphatic rings. The van der Waals surface area contributed by atoms with Crippen LogP contribution in [-0.4, -0.2) is 14.2 Å². The topological polar surface area (TPSA) is 42.9 Å². The van der Waals surface area contributed by atoms with Crippen molar-refractivity contribution >= 4 is 10.8 Å². The summed E-state index contributed by atoms with van der Waals surface area (Å²) in [6.45, 7) is 0. The SMILES string of the molecule is O=S(C(c1ccccc1)c1ccccn1)C(c1ccccc1)c1ccccn1. The molecule has 138 valence electrons. The molecule has 2 aromatic carbocycles. The summed E-state index contributed by atoms with van der Waals surface area (Å²) in [5.74, 6) is 0. The highest BCUT2D eigenvalue weighted by atomic mass is 32.2. The fourth-order valence-corrected chi connectivity index (χ4v) is 5.18. The molecule has 2 unspecified atom stereocenters. The third-order valence-corrected chi connectivity index (χ3v) is 6.54. The average molecular weight is 385 g/mol. The van der Waals surface area contributed by atoms with Crippen molar-refractivity contribution in [3.63, 3.8) is 0 Å². The number of hydrogen-bond acceptors (Lipinski definition) is 3. The maximum absolute atomic E-state index is 14.1. The monoisotopic (exact) mass is 384 g/mol. The number of benzene rings is 2. The summed E-state index contributed by atoms with van der Waals surface area (Å²) in [6.07, 6.45) is 3.50. The first kappa shape index (κ1) is 18.3. The number of aromatic nitrogens is 2. The molecule has 28 heavy (non-hydrogen) atoms. The normalized spacial score (nSPS) is 14.1. The summed E-state index contributed by atoms with van der Waals surface area (Å²) in [4.78, 5) is 9.07. The molecule has 4 aromatic rings. The Morgan fingerprint density at radius 3 is 1.29 bits per heavy atom. The quantitative estimate of drug-likeness (QED) is 0.464. The summed E-state index contributed by atoms with van der Waals surface area (Å²) < 4.78 is 14.1. The lowest BCUT2D eigenvalue weighted by Crippen LogP contribution is -2.18. The number of hydrogen-bond donors (Lipinski definition) is 0. The van der Waals surface area contributed by atoms with E-state index in [4.69, 9.17) is 0 Å². The van der Waals surface area contributed by atoms with E-state index in [1.807, 2.05) is 97.1 Å². The maximum atomic E-state index is 14.1. The second-order valence-electron chi connectivity index (χ2n) is 6.42. The molecule has 0 fully saturated rings. The van der Waals surface area contributed by atoms with E-state index in [1.165, 1.54) is 0 Å². The van der Waals surface area contributed by atoms with Crippen LogP contribution in [0, 0.1) is 0 Å². The van der Waals surface area contributed by atoms with Gasteiger partial charge in [-0.25, -0.2) is 0 Å². The van der Waals surface area contributed by atoms with Crippen molar-refractivity contribution in [2.24, 2.45) is 0 Å². The van der Waals surface area contributed by atoms with Gasteiger partial charge in [0, 0.05) is 23.2 Å². The van der Waals surface area contributed by atoms with Crippen LogP contribution in [0.5, 0.6) is 0 Å². The van der Waals surface area contributed by atoms with Gasteiger partial charge in [-0.05, 0) is 35.4 Å². The van der Waals surface area contributed by atoms with E-state index in [9.17, 15) is 4.21 Å². The molecule has 3 nitrogen and oxygen atoms in total. The zero-order chi connectivity index (χ0) is 19.2. The van der Waals surface area contributed by atoms with Gasteiger partial charge in [0.15, 0.2) is 0 Å². The van der Waals surface area contributed by atoms with Crippen LogP contribution in [0.15, 0.2) is 109 Å². The molecule has 4 heteroatoms. The maximum Gasteiger partial charge on any atom is 0.103 e. The lowest BCUT2D eigenvalue weighted by atomic mass is 10.1. The summed E-state index contributed by atoms with van der Waals surface area (Å²) in [6, 6.07) is 31.4. The Labute approximate surface area is 167 Å². The molecular formula is C24H20N2OS. The smallest absolute Gasteiger partial charge is 0.103 e. The van der Waals surface area contributed by atoms with E-state index < -0.39 is 10.8 Å². The standard InChI is InChI=1S/C24H20N2OS/c27-28(23(19-11-3-1-4-12-19)21-15-7-9-17-25-21)24(20-13-5-2-6-14-20)22-16-8-10-18-26-22/h1-18,23-24H. The Balaban J connectivity index is 1.85. The van der Waals surface area contributed by atoms with Crippen LogP contribution in [-0.2, 0) is 10.8 Å². The van der Waals surface area contributed by atoms with Crippen LogP contribution in [0.2, 0.25) is 0 Å². The number of rotatable bonds is 6. The minimum Gasteiger partial charge on any atom is -0.260 e. The molecule has 2 aromatic heterocycles. The molecule has 0 spiro atoms. The Kier molecular flexibility index (Phi) is 5.69.